The molecular weight excluding hydrogens is 324 g/mol. The van der Waals surface area contributed by atoms with E-state index in [0.29, 0.717) is 15.7 Å². The van der Waals surface area contributed by atoms with Crippen molar-refractivity contribution in [1.82, 2.24) is 0 Å². The summed E-state index contributed by atoms with van der Waals surface area (Å²) in [6.07, 6.45) is 3.60. The Hall–Kier alpha value is -1.45. The number of ether oxygens (including phenoxy) is 1. The van der Waals surface area contributed by atoms with Crippen molar-refractivity contribution in [3.63, 3.8) is 0 Å². The molecule has 0 atom stereocenters. The third-order valence-corrected chi connectivity index (χ3v) is 4.64. The first-order chi connectivity index (χ1) is 10.5. The maximum absolute atomic E-state index is 14.1. The molecule has 1 aliphatic rings. The Morgan fingerprint density at radius 1 is 1.05 bits per heavy atom. The fourth-order valence-electron chi connectivity index (χ4n) is 3.04. The van der Waals surface area contributed by atoms with Gasteiger partial charge in [-0.3, -0.25) is 0 Å². The van der Waals surface area contributed by atoms with Gasteiger partial charge in [0.15, 0.2) is 11.6 Å². The summed E-state index contributed by atoms with van der Waals surface area (Å²) in [5.41, 5.74) is 6.20. The summed E-state index contributed by atoms with van der Waals surface area (Å²) in [5, 5.41) is 1.12. The van der Waals surface area contributed by atoms with Gasteiger partial charge in [-0.1, -0.05) is 29.3 Å². The van der Waals surface area contributed by atoms with Crippen LogP contribution in [-0.2, 0) is 5.60 Å². The summed E-state index contributed by atoms with van der Waals surface area (Å²) in [6.45, 7) is 0. The molecule has 2 N–H and O–H groups in total. The van der Waals surface area contributed by atoms with E-state index in [0.717, 1.165) is 31.2 Å². The van der Waals surface area contributed by atoms with Gasteiger partial charge in [0.1, 0.15) is 5.60 Å². The molecule has 0 aromatic heterocycles. The molecule has 1 aliphatic carbocycles. The number of anilines is 1. The summed E-state index contributed by atoms with van der Waals surface area (Å²) in [4.78, 5) is 0. The second-order valence-electron chi connectivity index (χ2n) is 5.62. The molecule has 2 aromatic rings. The van der Waals surface area contributed by atoms with Gasteiger partial charge < -0.3 is 10.5 Å². The summed E-state index contributed by atoms with van der Waals surface area (Å²) in [5.74, 6) is -0.265. The second kappa shape index (κ2) is 5.98. The SMILES string of the molecule is Nc1ccc(OC2(c3ccc(Cl)cc3Cl)CCCC2)c(F)c1. The van der Waals surface area contributed by atoms with Crippen LogP contribution >= 0.6 is 23.2 Å². The van der Waals surface area contributed by atoms with Crippen LogP contribution in [0.3, 0.4) is 0 Å². The molecule has 116 valence electrons. The average Bonchev–Trinajstić information content (AvgIpc) is 2.91. The van der Waals surface area contributed by atoms with Gasteiger partial charge in [0.2, 0.25) is 0 Å². The Labute approximate surface area is 139 Å². The lowest BCUT2D eigenvalue weighted by Crippen LogP contribution is -2.30. The zero-order chi connectivity index (χ0) is 15.7. The van der Waals surface area contributed by atoms with Crippen LogP contribution in [0, 0.1) is 5.82 Å². The molecule has 5 heteroatoms. The predicted molar refractivity (Wildman–Crippen MR) is 88.0 cm³/mol. The van der Waals surface area contributed by atoms with Gasteiger partial charge in [-0.05, 0) is 49.9 Å². The fourth-order valence-corrected chi connectivity index (χ4v) is 3.62. The molecule has 0 bridgehead atoms. The van der Waals surface area contributed by atoms with E-state index >= 15 is 0 Å². The molecule has 2 nitrogen and oxygen atoms in total. The summed E-state index contributed by atoms with van der Waals surface area (Å²) in [7, 11) is 0. The van der Waals surface area contributed by atoms with Gasteiger partial charge in [0.05, 0.1) is 0 Å². The monoisotopic (exact) mass is 339 g/mol. The Balaban J connectivity index is 2.01. The zero-order valence-electron chi connectivity index (χ0n) is 11.9. The number of nitrogen functional groups attached to an aromatic ring is 1. The fraction of sp³-hybridized carbons (Fsp3) is 0.294. The van der Waals surface area contributed by atoms with Crippen LogP contribution in [0.1, 0.15) is 31.2 Å². The second-order valence-corrected chi connectivity index (χ2v) is 6.46. The van der Waals surface area contributed by atoms with Crippen LogP contribution in [0.25, 0.3) is 0 Å². The molecule has 0 spiro atoms. The molecule has 1 fully saturated rings. The minimum atomic E-state index is -0.612. The maximum Gasteiger partial charge on any atom is 0.167 e. The average molecular weight is 340 g/mol. The molecule has 3 rings (SSSR count). The lowest BCUT2D eigenvalue weighted by Gasteiger charge is -2.32. The number of nitrogens with two attached hydrogens (primary N) is 1. The molecule has 0 aliphatic heterocycles. The van der Waals surface area contributed by atoms with Crippen molar-refractivity contribution in [2.45, 2.75) is 31.3 Å². The quantitative estimate of drug-likeness (QED) is 0.742. The van der Waals surface area contributed by atoms with E-state index in [4.69, 9.17) is 33.7 Å². The van der Waals surface area contributed by atoms with Crippen LogP contribution in [0.2, 0.25) is 10.0 Å². The lowest BCUT2D eigenvalue weighted by atomic mass is 9.91. The van der Waals surface area contributed by atoms with Gasteiger partial charge in [-0.2, -0.15) is 0 Å². The Morgan fingerprint density at radius 2 is 1.77 bits per heavy atom. The van der Waals surface area contributed by atoms with E-state index < -0.39 is 11.4 Å². The molecule has 2 aromatic carbocycles. The number of halogens is 3. The molecule has 0 radical (unpaired) electrons. The summed E-state index contributed by atoms with van der Waals surface area (Å²) < 4.78 is 20.2. The Bertz CT molecular complexity index is 699. The number of hydrogen-bond donors (Lipinski definition) is 1. The van der Waals surface area contributed by atoms with Crippen molar-refractivity contribution >= 4 is 28.9 Å². The lowest BCUT2D eigenvalue weighted by molar-refractivity contribution is 0.0691. The van der Waals surface area contributed by atoms with Crippen molar-refractivity contribution in [2.75, 3.05) is 5.73 Å². The zero-order valence-corrected chi connectivity index (χ0v) is 13.4. The Kier molecular flexibility index (Phi) is 4.20. The number of hydrogen-bond acceptors (Lipinski definition) is 2. The van der Waals surface area contributed by atoms with Crippen molar-refractivity contribution in [3.8, 4) is 5.75 Å². The molecule has 1 saturated carbocycles. The third kappa shape index (κ3) is 2.88. The van der Waals surface area contributed by atoms with Crippen molar-refractivity contribution in [3.05, 3.63) is 57.8 Å². The van der Waals surface area contributed by atoms with Crippen molar-refractivity contribution in [1.29, 1.82) is 0 Å². The van der Waals surface area contributed by atoms with Crippen LogP contribution < -0.4 is 10.5 Å². The van der Waals surface area contributed by atoms with Crippen LogP contribution in [0.4, 0.5) is 10.1 Å². The van der Waals surface area contributed by atoms with E-state index in [1.165, 1.54) is 6.07 Å². The van der Waals surface area contributed by atoms with Crippen LogP contribution in [0.15, 0.2) is 36.4 Å². The molecule has 0 saturated heterocycles. The smallest absolute Gasteiger partial charge is 0.167 e. The van der Waals surface area contributed by atoms with E-state index in [2.05, 4.69) is 0 Å². The largest absolute Gasteiger partial charge is 0.479 e. The summed E-state index contributed by atoms with van der Waals surface area (Å²) >= 11 is 12.3. The van der Waals surface area contributed by atoms with Gasteiger partial charge >= 0.3 is 0 Å². The minimum absolute atomic E-state index is 0.196. The third-order valence-electron chi connectivity index (χ3n) is 4.09. The normalized spacial score (nSPS) is 16.7. The first-order valence-corrected chi connectivity index (χ1v) is 7.95. The van der Waals surface area contributed by atoms with Crippen molar-refractivity contribution < 1.29 is 9.13 Å². The van der Waals surface area contributed by atoms with Gasteiger partial charge in [-0.15, -0.1) is 0 Å². The maximum atomic E-state index is 14.1. The molecule has 0 unspecified atom stereocenters. The van der Waals surface area contributed by atoms with Crippen molar-refractivity contribution in [2.24, 2.45) is 0 Å². The van der Waals surface area contributed by atoms with Crippen LogP contribution in [-0.4, -0.2) is 0 Å². The Morgan fingerprint density at radius 3 is 2.41 bits per heavy atom. The van der Waals surface area contributed by atoms with Gasteiger partial charge in [-0.25, -0.2) is 4.39 Å². The molecule has 0 amide bonds. The van der Waals surface area contributed by atoms with E-state index in [1.54, 1.807) is 24.3 Å². The van der Waals surface area contributed by atoms with E-state index in [-0.39, 0.29) is 5.75 Å². The highest BCUT2D eigenvalue weighted by Crippen LogP contribution is 2.46. The van der Waals surface area contributed by atoms with E-state index in [1.807, 2.05) is 6.07 Å². The minimum Gasteiger partial charge on any atom is -0.479 e. The van der Waals surface area contributed by atoms with Gasteiger partial charge in [0, 0.05) is 27.4 Å². The molecular formula is C17H16Cl2FNO. The van der Waals surface area contributed by atoms with Gasteiger partial charge in [0.25, 0.3) is 0 Å². The summed E-state index contributed by atoms with van der Waals surface area (Å²) in [6, 6.07) is 9.80. The predicted octanol–water partition coefficient (Wildman–Crippen LogP) is 5.56. The first-order valence-electron chi connectivity index (χ1n) is 7.20. The first kappa shape index (κ1) is 15.4. The molecule has 0 heterocycles. The highest BCUT2D eigenvalue weighted by molar-refractivity contribution is 6.35. The highest BCUT2D eigenvalue weighted by Gasteiger charge is 2.40. The standard InChI is InChI=1S/C17H16Cl2FNO/c18-11-3-5-13(14(19)9-11)17(7-1-2-8-17)22-16-6-4-12(21)10-15(16)20/h3-6,9-10H,1-2,7-8,21H2. The van der Waals surface area contributed by atoms with Crippen LogP contribution in [0.5, 0.6) is 5.75 Å². The highest BCUT2D eigenvalue weighted by atomic mass is 35.5. The number of rotatable bonds is 3. The number of benzene rings is 2. The molecule has 22 heavy (non-hydrogen) atoms. The topological polar surface area (TPSA) is 35.2 Å². The van der Waals surface area contributed by atoms with E-state index in [9.17, 15) is 4.39 Å².